The largest absolute Gasteiger partial charge is 0.364 e. The molecule has 0 saturated carbocycles. The van der Waals surface area contributed by atoms with E-state index in [2.05, 4.69) is 193 Å². The van der Waals surface area contributed by atoms with Crippen molar-refractivity contribution in [3.63, 3.8) is 0 Å². The van der Waals surface area contributed by atoms with Crippen LogP contribution in [0.3, 0.4) is 0 Å². The van der Waals surface area contributed by atoms with Gasteiger partial charge in [0, 0.05) is 23.3 Å². The molecule has 1 unspecified atom stereocenters. The van der Waals surface area contributed by atoms with Crippen molar-refractivity contribution in [2.75, 3.05) is 0 Å². The SMILES string of the molecule is CC(C)c1cccc(C(C)C)c1-n1c2[n+](c3ccccc31)C1(c3ccccc3-c3cc(-c4ccc5ccccc5c4)cc[n+]31)c1ccccc1-2. The number of hydrogen-bond donors (Lipinski definition) is 0. The highest BCUT2D eigenvalue weighted by molar-refractivity contribution is 5.88. The van der Waals surface area contributed by atoms with Crippen LogP contribution in [0.5, 0.6) is 0 Å². The van der Waals surface area contributed by atoms with E-state index in [1.807, 2.05) is 0 Å². The molecule has 8 aromatic rings. The highest BCUT2D eigenvalue weighted by Gasteiger charge is 2.66. The number of rotatable bonds is 4. The van der Waals surface area contributed by atoms with Gasteiger partial charge in [0.1, 0.15) is 5.69 Å². The van der Waals surface area contributed by atoms with Crippen LogP contribution >= 0.6 is 0 Å². The van der Waals surface area contributed by atoms with Crippen molar-refractivity contribution in [1.82, 2.24) is 4.57 Å². The first kappa shape index (κ1) is 29.1. The molecule has 0 fully saturated rings. The van der Waals surface area contributed by atoms with E-state index in [1.165, 1.54) is 83.5 Å². The van der Waals surface area contributed by atoms with E-state index in [-0.39, 0.29) is 0 Å². The van der Waals surface area contributed by atoms with Crippen LogP contribution in [0.25, 0.3) is 61.3 Å². The van der Waals surface area contributed by atoms with E-state index in [9.17, 15) is 0 Å². The molecule has 1 spiro atoms. The van der Waals surface area contributed by atoms with Gasteiger partial charge in [-0.2, -0.15) is 4.57 Å². The van der Waals surface area contributed by atoms with Crippen LogP contribution in [-0.4, -0.2) is 4.57 Å². The van der Waals surface area contributed by atoms with E-state index < -0.39 is 5.66 Å². The summed E-state index contributed by atoms with van der Waals surface area (Å²) in [6.45, 7) is 9.29. The first-order valence-corrected chi connectivity index (χ1v) is 17.9. The summed E-state index contributed by atoms with van der Waals surface area (Å²) in [5, 5.41) is 2.52. The van der Waals surface area contributed by atoms with Crippen LogP contribution in [0.1, 0.15) is 61.8 Å². The quantitative estimate of drug-likeness (QED) is 0.169. The third-order valence-electron chi connectivity index (χ3n) is 11.2. The van der Waals surface area contributed by atoms with Gasteiger partial charge in [-0.25, -0.2) is 0 Å². The maximum absolute atomic E-state index is 2.65. The lowest BCUT2D eigenvalue weighted by Crippen LogP contribution is -2.71. The Morgan fingerprint density at radius 3 is 1.92 bits per heavy atom. The average molecular weight is 646 g/mol. The minimum Gasteiger partial charge on any atom is -0.187 e. The summed E-state index contributed by atoms with van der Waals surface area (Å²) in [5.41, 5.74) is 14.7. The Kier molecular flexibility index (Phi) is 6.18. The molecule has 3 nitrogen and oxygen atoms in total. The third kappa shape index (κ3) is 3.75. The normalized spacial score (nSPS) is 15.6. The highest BCUT2D eigenvalue weighted by Crippen LogP contribution is 2.50. The summed E-state index contributed by atoms with van der Waals surface area (Å²) in [7, 11) is 0. The van der Waals surface area contributed by atoms with E-state index >= 15 is 0 Å². The summed E-state index contributed by atoms with van der Waals surface area (Å²) in [5.74, 6) is 1.96. The molecule has 1 atom stereocenters. The van der Waals surface area contributed by atoms with Gasteiger partial charge in [0.25, 0.3) is 0 Å². The van der Waals surface area contributed by atoms with E-state index in [1.54, 1.807) is 0 Å². The molecule has 0 bridgehead atoms. The van der Waals surface area contributed by atoms with E-state index in [4.69, 9.17) is 0 Å². The molecular formula is C47H39N3+2. The molecular weight excluding hydrogens is 607 g/mol. The van der Waals surface area contributed by atoms with Gasteiger partial charge in [-0.15, -0.1) is 9.13 Å². The number of para-hydroxylation sites is 3. The van der Waals surface area contributed by atoms with Crippen molar-refractivity contribution < 1.29 is 9.13 Å². The van der Waals surface area contributed by atoms with Crippen molar-refractivity contribution in [3.8, 4) is 39.5 Å². The lowest BCUT2D eigenvalue weighted by atomic mass is 9.89. The highest BCUT2D eigenvalue weighted by atomic mass is 15.4. The second-order valence-electron chi connectivity index (χ2n) is 14.6. The van der Waals surface area contributed by atoms with Gasteiger partial charge < -0.3 is 0 Å². The van der Waals surface area contributed by atoms with E-state index in [0.717, 1.165) is 0 Å². The van der Waals surface area contributed by atoms with Crippen LogP contribution in [0, 0.1) is 0 Å². The zero-order valence-corrected chi connectivity index (χ0v) is 28.9. The molecule has 0 saturated heterocycles. The second kappa shape index (κ2) is 10.6. The van der Waals surface area contributed by atoms with Gasteiger partial charge in [0.2, 0.25) is 5.69 Å². The lowest BCUT2D eigenvalue weighted by molar-refractivity contribution is -0.944. The number of fused-ring (bicyclic) bond motifs is 13. The summed E-state index contributed by atoms with van der Waals surface area (Å²) in [4.78, 5) is 0. The topological polar surface area (TPSA) is 12.7 Å². The fraction of sp³-hybridized carbons (Fsp3) is 0.149. The predicted molar refractivity (Wildman–Crippen MR) is 204 cm³/mol. The first-order chi connectivity index (χ1) is 24.5. The zero-order chi connectivity index (χ0) is 33.7. The first-order valence-electron chi connectivity index (χ1n) is 17.9. The smallest absolute Gasteiger partial charge is 0.187 e. The van der Waals surface area contributed by atoms with Crippen molar-refractivity contribution in [3.05, 3.63) is 174 Å². The summed E-state index contributed by atoms with van der Waals surface area (Å²) in [6, 6.07) is 54.3. The summed E-state index contributed by atoms with van der Waals surface area (Å²) in [6.07, 6.45) is 2.34. The molecule has 0 N–H and O–H groups in total. The molecule has 0 amide bonds. The minimum absolute atomic E-state index is 0.368. The molecule has 10 rings (SSSR count). The number of benzene rings is 6. The van der Waals surface area contributed by atoms with Gasteiger partial charge in [-0.05, 0) is 76.2 Å². The van der Waals surface area contributed by atoms with Crippen molar-refractivity contribution >= 4 is 21.8 Å². The van der Waals surface area contributed by atoms with Gasteiger partial charge in [0.05, 0.1) is 22.3 Å². The Morgan fingerprint density at radius 1 is 0.540 bits per heavy atom. The van der Waals surface area contributed by atoms with Gasteiger partial charge in [-0.1, -0.05) is 119 Å². The van der Waals surface area contributed by atoms with Gasteiger partial charge in [-0.3, -0.25) is 0 Å². The maximum atomic E-state index is 2.65. The molecule has 0 aliphatic carbocycles. The Hall–Kier alpha value is -5.80. The number of aromatic nitrogens is 3. The Morgan fingerprint density at radius 2 is 1.16 bits per heavy atom. The maximum Gasteiger partial charge on any atom is 0.364 e. The van der Waals surface area contributed by atoms with Crippen LogP contribution in [0.2, 0.25) is 0 Å². The predicted octanol–water partition coefficient (Wildman–Crippen LogP) is 10.5. The number of pyridine rings is 1. The Bertz CT molecular complexity index is 2650. The van der Waals surface area contributed by atoms with E-state index in [0.29, 0.717) is 11.8 Å². The number of hydrogen-bond acceptors (Lipinski definition) is 0. The second-order valence-corrected chi connectivity index (χ2v) is 14.6. The molecule has 2 aliphatic rings. The van der Waals surface area contributed by atoms with Crippen LogP contribution < -0.4 is 9.13 Å². The average Bonchev–Trinajstić information content (AvgIpc) is 3.76. The van der Waals surface area contributed by atoms with Crippen LogP contribution in [0.4, 0.5) is 0 Å². The Labute approximate surface area is 293 Å². The zero-order valence-electron chi connectivity index (χ0n) is 28.9. The number of imidazole rings is 1. The standard InChI is InChI=1S/C47H39N3/c1-30(2)36-18-13-19-37(31(3)4)45(36)49-42-22-11-12-23-43(42)50-46(49)39-17-8-10-21-41(39)47(50)40-20-9-7-16-38(40)44-29-35(26-27-48(44)47)34-25-24-32-14-5-6-15-33(32)28-34/h5-31H,1-4H3/q+2. The summed E-state index contributed by atoms with van der Waals surface area (Å²) < 4.78 is 7.80. The fourth-order valence-electron chi connectivity index (χ4n) is 9.02. The molecule has 4 heterocycles. The van der Waals surface area contributed by atoms with Crippen LogP contribution in [0.15, 0.2) is 152 Å². The summed E-state index contributed by atoms with van der Waals surface area (Å²) >= 11 is 0. The molecule has 6 aromatic carbocycles. The van der Waals surface area contributed by atoms with Gasteiger partial charge in [0.15, 0.2) is 17.2 Å². The van der Waals surface area contributed by atoms with Crippen molar-refractivity contribution in [1.29, 1.82) is 0 Å². The monoisotopic (exact) mass is 645 g/mol. The van der Waals surface area contributed by atoms with Gasteiger partial charge >= 0.3 is 11.5 Å². The molecule has 2 aromatic heterocycles. The molecule has 3 heteroatoms. The minimum atomic E-state index is -0.602. The van der Waals surface area contributed by atoms with Crippen molar-refractivity contribution in [2.24, 2.45) is 0 Å². The number of nitrogens with zero attached hydrogens (tertiary/aromatic N) is 3. The third-order valence-corrected chi connectivity index (χ3v) is 11.2. The lowest BCUT2D eigenvalue weighted by Gasteiger charge is -2.20. The molecule has 240 valence electrons. The molecule has 50 heavy (non-hydrogen) atoms. The molecule has 2 aliphatic heterocycles. The Balaban J connectivity index is 1.33. The van der Waals surface area contributed by atoms with Crippen molar-refractivity contribution in [2.45, 2.75) is 45.2 Å². The van der Waals surface area contributed by atoms with Crippen LogP contribution in [-0.2, 0) is 5.66 Å². The molecule has 0 radical (unpaired) electrons. The fourth-order valence-corrected chi connectivity index (χ4v) is 9.02.